The number of fused-ring (bicyclic) bond motifs is 1. The van der Waals surface area contributed by atoms with Crippen molar-refractivity contribution >= 4 is 57.2 Å². The van der Waals surface area contributed by atoms with Crippen LogP contribution in [-0.4, -0.2) is 88.7 Å². The number of thiocarbonyl (C=S) groups is 1. The molecule has 9 nitrogen and oxygen atoms in total. The number of morpholine rings is 1. The molecule has 0 radical (unpaired) electrons. The number of amides is 1. The number of nitrogens with zero attached hydrogens (tertiary/aromatic N) is 2. The van der Waals surface area contributed by atoms with Crippen LogP contribution in [0.4, 0.5) is 0 Å². The first-order chi connectivity index (χ1) is 22.3. The average Bonchev–Trinajstić information content (AvgIpc) is 3.56. The molecule has 11 heteroatoms. The molecule has 0 atom stereocenters. The number of carbonyl (C=O) groups excluding carboxylic acids is 1. The highest BCUT2D eigenvalue weighted by Gasteiger charge is 2.31. The quantitative estimate of drug-likeness (QED) is 0.104. The second kappa shape index (κ2) is 14.5. The number of thioether (sulfide) groups is 1. The third-order valence-corrected chi connectivity index (χ3v) is 9.28. The first-order valence-corrected chi connectivity index (χ1v) is 16.4. The van der Waals surface area contributed by atoms with E-state index in [1.54, 1.807) is 17.0 Å². The van der Waals surface area contributed by atoms with Crippen LogP contribution in [0, 0.1) is 6.92 Å². The summed E-state index contributed by atoms with van der Waals surface area (Å²) in [4.78, 5) is 32.3. The van der Waals surface area contributed by atoms with Crippen LogP contribution in [0.25, 0.3) is 28.1 Å². The zero-order valence-electron chi connectivity index (χ0n) is 25.5. The topological polar surface area (TPSA) is 104 Å². The number of aromatic nitrogens is 1. The minimum Gasteiger partial charge on any atom is -0.494 e. The zero-order valence-corrected chi connectivity index (χ0v) is 27.1. The van der Waals surface area contributed by atoms with Crippen LogP contribution in [0.3, 0.4) is 0 Å². The molecule has 3 aromatic carbocycles. The predicted molar refractivity (Wildman–Crippen MR) is 185 cm³/mol. The monoisotopic (exact) mass is 657 g/mol. The molecule has 2 fully saturated rings. The molecule has 2 N–H and O–H groups in total. The van der Waals surface area contributed by atoms with E-state index in [0.717, 1.165) is 71.9 Å². The van der Waals surface area contributed by atoms with Gasteiger partial charge in [0.25, 0.3) is 5.91 Å². The van der Waals surface area contributed by atoms with Crippen LogP contribution < -0.4 is 9.47 Å². The van der Waals surface area contributed by atoms with E-state index in [2.05, 4.69) is 40.2 Å². The number of aromatic carboxylic acids is 1. The van der Waals surface area contributed by atoms with Gasteiger partial charge in [-0.3, -0.25) is 14.6 Å². The number of rotatable bonds is 12. The van der Waals surface area contributed by atoms with Crippen LogP contribution in [0.5, 0.6) is 11.5 Å². The van der Waals surface area contributed by atoms with Crippen molar-refractivity contribution in [2.75, 3.05) is 52.6 Å². The summed E-state index contributed by atoms with van der Waals surface area (Å²) in [6.45, 7) is 7.54. The lowest BCUT2D eigenvalue weighted by molar-refractivity contribution is -0.122. The highest BCUT2D eigenvalue weighted by molar-refractivity contribution is 8.26. The van der Waals surface area contributed by atoms with Gasteiger partial charge in [-0.05, 0) is 85.1 Å². The molecule has 6 rings (SSSR count). The van der Waals surface area contributed by atoms with Gasteiger partial charge in [-0.15, -0.1) is 0 Å². The summed E-state index contributed by atoms with van der Waals surface area (Å²) in [7, 11) is 0. The second-order valence-corrected chi connectivity index (χ2v) is 12.9. The number of H-pyrrole nitrogens is 1. The molecule has 1 aromatic heterocycles. The Morgan fingerprint density at radius 2 is 1.83 bits per heavy atom. The Morgan fingerprint density at radius 1 is 1.02 bits per heavy atom. The number of carbonyl (C=O) groups is 2. The van der Waals surface area contributed by atoms with Crippen molar-refractivity contribution in [3.05, 3.63) is 88.5 Å². The smallest absolute Gasteiger partial charge is 0.335 e. The lowest BCUT2D eigenvalue weighted by Gasteiger charge is -2.26. The van der Waals surface area contributed by atoms with Crippen molar-refractivity contribution in [3.63, 3.8) is 0 Å². The molecule has 0 unspecified atom stereocenters. The SMILES string of the molecule is Cc1cc2cc(-c3cc(/C=C4\SC(=S)N(CCCOc5ccc(C(=O)O)cc5)C4=O)ccc3OCCN3CCOCC3)ccc2[nH]1. The molecule has 46 heavy (non-hydrogen) atoms. The fourth-order valence-electron chi connectivity index (χ4n) is 5.49. The molecule has 2 saturated heterocycles. The van der Waals surface area contributed by atoms with Gasteiger partial charge in [0, 0.05) is 48.3 Å². The number of carboxylic acid groups (broad SMARTS) is 1. The maximum Gasteiger partial charge on any atom is 0.335 e. The Labute approximate surface area is 277 Å². The van der Waals surface area contributed by atoms with Gasteiger partial charge in [-0.1, -0.05) is 36.1 Å². The van der Waals surface area contributed by atoms with Crippen LogP contribution >= 0.6 is 24.0 Å². The maximum atomic E-state index is 13.4. The van der Waals surface area contributed by atoms with E-state index < -0.39 is 5.97 Å². The third-order valence-electron chi connectivity index (χ3n) is 7.91. The summed E-state index contributed by atoms with van der Waals surface area (Å²) in [5.41, 5.74) is 5.26. The average molecular weight is 658 g/mol. The Balaban J connectivity index is 1.15. The Morgan fingerprint density at radius 3 is 2.61 bits per heavy atom. The molecule has 0 spiro atoms. The summed E-state index contributed by atoms with van der Waals surface area (Å²) >= 11 is 6.86. The minimum absolute atomic E-state index is 0.127. The summed E-state index contributed by atoms with van der Waals surface area (Å²) in [5.74, 6) is 0.257. The molecule has 2 aliphatic heterocycles. The highest BCUT2D eigenvalue weighted by atomic mass is 32.2. The van der Waals surface area contributed by atoms with Gasteiger partial charge < -0.3 is 24.3 Å². The molecular formula is C35H35N3O6S2. The van der Waals surface area contributed by atoms with Gasteiger partial charge in [0.1, 0.15) is 22.4 Å². The van der Waals surface area contributed by atoms with E-state index in [-0.39, 0.29) is 11.5 Å². The fourth-order valence-corrected chi connectivity index (χ4v) is 6.80. The van der Waals surface area contributed by atoms with E-state index in [4.69, 9.17) is 31.5 Å². The van der Waals surface area contributed by atoms with Gasteiger partial charge in [0.2, 0.25) is 0 Å². The van der Waals surface area contributed by atoms with Gasteiger partial charge in [0.05, 0.1) is 30.3 Å². The summed E-state index contributed by atoms with van der Waals surface area (Å²) in [5, 5.41) is 10.2. The van der Waals surface area contributed by atoms with Crippen molar-refractivity contribution in [2.24, 2.45) is 0 Å². The van der Waals surface area contributed by atoms with Gasteiger partial charge in [0.15, 0.2) is 0 Å². The number of aromatic amines is 1. The van der Waals surface area contributed by atoms with E-state index in [1.807, 2.05) is 25.1 Å². The molecule has 2 aliphatic rings. The standard InChI is InChI=1S/C35H35N3O6S2/c1-23-19-27-22-26(6-9-30(27)36-23)29-20-24(3-10-31(29)44-18-14-37-12-16-42-17-13-37)21-32-33(39)38(35(45)46-32)11-2-15-43-28-7-4-25(5-8-28)34(40)41/h3-10,19-22,36H,2,11-18H2,1H3,(H,40,41)/b32-21-. The highest BCUT2D eigenvalue weighted by Crippen LogP contribution is 2.37. The van der Waals surface area contributed by atoms with Crippen molar-refractivity contribution < 1.29 is 28.9 Å². The molecule has 1 amide bonds. The van der Waals surface area contributed by atoms with Crippen LogP contribution in [0.15, 0.2) is 71.6 Å². The van der Waals surface area contributed by atoms with E-state index in [0.29, 0.717) is 41.2 Å². The predicted octanol–water partition coefficient (Wildman–Crippen LogP) is 6.22. The molecule has 3 heterocycles. The zero-order chi connectivity index (χ0) is 32.0. The van der Waals surface area contributed by atoms with Crippen LogP contribution in [0.1, 0.15) is 28.0 Å². The summed E-state index contributed by atoms with van der Waals surface area (Å²) < 4.78 is 18.1. The van der Waals surface area contributed by atoms with E-state index >= 15 is 0 Å². The van der Waals surface area contributed by atoms with Crippen molar-refractivity contribution in [3.8, 4) is 22.6 Å². The first kappa shape index (κ1) is 31.8. The molecule has 0 saturated carbocycles. The number of benzene rings is 3. The lowest BCUT2D eigenvalue weighted by atomic mass is 10.00. The molecule has 4 aromatic rings. The van der Waals surface area contributed by atoms with Crippen molar-refractivity contribution in [2.45, 2.75) is 13.3 Å². The van der Waals surface area contributed by atoms with E-state index in [1.165, 1.54) is 23.9 Å². The van der Waals surface area contributed by atoms with E-state index in [9.17, 15) is 9.59 Å². The summed E-state index contributed by atoms with van der Waals surface area (Å²) in [6, 6.07) is 20.7. The first-order valence-electron chi connectivity index (χ1n) is 15.2. The molecule has 0 bridgehead atoms. The van der Waals surface area contributed by atoms with Gasteiger partial charge >= 0.3 is 5.97 Å². The maximum absolute atomic E-state index is 13.4. The van der Waals surface area contributed by atoms with Crippen LogP contribution in [0.2, 0.25) is 0 Å². The van der Waals surface area contributed by atoms with Crippen molar-refractivity contribution in [1.82, 2.24) is 14.8 Å². The normalized spacial score (nSPS) is 16.5. The van der Waals surface area contributed by atoms with Gasteiger partial charge in [-0.25, -0.2) is 4.79 Å². The van der Waals surface area contributed by atoms with Crippen molar-refractivity contribution in [1.29, 1.82) is 0 Å². The molecule has 238 valence electrons. The Hall–Kier alpha value is -4.16. The molecule has 0 aliphatic carbocycles. The number of carboxylic acids is 1. The molecular weight excluding hydrogens is 623 g/mol. The second-order valence-electron chi connectivity index (χ2n) is 11.2. The number of ether oxygens (including phenoxy) is 3. The van der Waals surface area contributed by atoms with Crippen LogP contribution in [-0.2, 0) is 9.53 Å². The number of hydrogen-bond donors (Lipinski definition) is 2. The lowest BCUT2D eigenvalue weighted by Crippen LogP contribution is -2.38. The minimum atomic E-state index is -0.984. The largest absolute Gasteiger partial charge is 0.494 e. The Kier molecular flexibility index (Phi) is 10.0. The number of aryl methyl sites for hydroxylation is 1. The van der Waals surface area contributed by atoms with Gasteiger partial charge in [-0.2, -0.15) is 0 Å². The third kappa shape index (κ3) is 7.61. The Bertz CT molecular complexity index is 1780. The fraction of sp³-hybridized carbons (Fsp3) is 0.286. The summed E-state index contributed by atoms with van der Waals surface area (Å²) in [6.07, 6.45) is 2.46. The number of hydrogen-bond acceptors (Lipinski definition) is 8. The number of nitrogens with one attached hydrogen (secondary N) is 1.